The van der Waals surface area contributed by atoms with Gasteiger partial charge in [-0.1, -0.05) is 42.5 Å². The summed E-state index contributed by atoms with van der Waals surface area (Å²) in [6.45, 7) is 5.62. The van der Waals surface area contributed by atoms with E-state index in [-0.39, 0.29) is 6.42 Å². The minimum atomic E-state index is -5.19. The second-order valence-electron chi connectivity index (χ2n) is 8.80. The number of rotatable bonds is 8. The third-order valence-corrected chi connectivity index (χ3v) is 4.54. The lowest BCUT2D eigenvalue weighted by Gasteiger charge is -2.19. The van der Waals surface area contributed by atoms with Crippen molar-refractivity contribution in [2.24, 2.45) is 5.73 Å². The number of halogens is 3. The van der Waals surface area contributed by atoms with E-state index in [1.54, 1.807) is 20.8 Å². The number of carboxylic acids is 1. The highest BCUT2D eigenvalue weighted by Gasteiger charge is 2.30. The molecule has 36 heavy (non-hydrogen) atoms. The summed E-state index contributed by atoms with van der Waals surface area (Å²) in [5.41, 5.74) is 5.76. The number of amides is 3. The van der Waals surface area contributed by atoms with Crippen LogP contribution < -0.4 is 21.5 Å². The molecule has 2 aromatic rings. The predicted octanol–water partition coefficient (Wildman–Crippen LogP) is 0.930. The number of carboxylic acid groups (broad SMARTS) is 1. The Kier molecular flexibility index (Phi) is 11.3. The number of nitrogens with two attached hydrogens (primary N) is 2. The number of hydrogen-bond acceptors (Lipinski definition) is 6. The van der Waals surface area contributed by atoms with Crippen LogP contribution in [0.5, 0.6) is 0 Å². The second-order valence-corrected chi connectivity index (χ2v) is 8.80. The summed E-state index contributed by atoms with van der Waals surface area (Å²) in [5.74, 6) is -4.07. The van der Waals surface area contributed by atoms with Gasteiger partial charge in [-0.25, -0.2) is 5.32 Å². The Labute approximate surface area is 206 Å². The molecule has 0 unspecified atom stereocenters. The van der Waals surface area contributed by atoms with Gasteiger partial charge >= 0.3 is 12.3 Å². The Morgan fingerprint density at radius 2 is 1.64 bits per heavy atom. The Bertz CT molecular complexity index is 1060. The SMILES string of the molecule is CC(C)(C)OC(=O)[NH2+][C@@H](CC(N)=O)C(=O)NCCCc1cccc2ccccc12.O=C([O-])C(F)(F)F. The van der Waals surface area contributed by atoms with E-state index in [4.69, 9.17) is 20.4 Å². The Hall–Kier alpha value is -3.67. The number of benzene rings is 2. The van der Waals surface area contributed by atoms with Crippen LogP contribution in [0, 0.1) is 0 Å². The van der Waals surface area contributed by atoms with Crippen LogP contribution in [0.1, 0.15) is 39.2 Å². The summed E-state index contributed by atoms with van der Waals surface area (Å²) >= 11 is 0. The normalized spacial score (nSPS) is 12.2. The van der Waals surface area contributed by atoms with E-state index in [9.17, 15) is 27.6 Å². The molecular weight excluding hydrogens is 483 g/mol. The fraction of sp³-hybridized carbons (Fsp3) is 0.417. The smallest absolute Gasteiger partial charge is 0.513 e. The van der Waals surface area contributed by atoms with Crippen LogP contribution in [0.25, 0.3) is 10.8 Å². The number of aliphatic carboxylic acids is 1. The van der Waals surface area contributed by atoms with Crippen LogP contribution in [0.2, 0.25) is 0 Å². The maximum Gasteiger partial charge on any atom is 0.513 e. The molecule has 0 bridgehead atoms. The minimum Gasteiger partial charge on any atom is -0.542 e. The number of fused-ring (bicyclic) bond motifs is 1. The Morgan fingerprint density at radius 1 is 1.06 bits per heavy atom. The summed E-state index contributed by atoms with van der Waals surface area (Å²) in [7, 11) is 0. The van der Waals surface area contributed by atoms with Crippen LogP contribution in [0.3, 0.4) is 0 Å². The number of ether oxygens (including phenoxy) is 1. The molecule has 0 aliphatic rings. The van der Waals surface area contributed by atoms with Gasteiger partial charge in [0.25, 0.3) is 5.91 Å². The van der Waals surface area contributed by atoms with Crippen LogP contribution >= 0.6 is 0 Å². The van der Waals surface area contributed by atoms with E-state index < -0.39 is 41.7 Å². The highest BCUT2D eigenvalue weighted by atomic mass is 19.4. The Morgan fingerprint density at radius 3 is 2.19 bits per heavy atom. The molecule has 0 aliphatic carbocycles. The number of quaternary nitrogens is 1. The zero-order valence-corrected chi connectivity index (χ0v) is 20.2. The molecule has 2 aromatic carbocycles. The average molecular weight is 514 g/mol. The van der Waals surface area contributed by atoms with E-state index in [1.807, 2.05) is 18.2 Å². The fourth-order valence-electron chi connectivity index (χ4n) is 3.08. The summed E-state index contributed by atoms with van der Waals surface area (Å²) in [6, 6.07) is 13.4. The van der Waals surface area contributed by atoms with Gasteiger partial charge in [-0.05, 0) is 49.9 Å². The first-order valence-electron chi connectivity index (χ1n) is 11.0. The van der Waals surface area contributed by atoms with Crippen molar-refractivity contribution in [1.29, 1.82) is 0 Å². The monoisotopic (exact) mass is 513 g/mol. The van der Waals surface area contributed by atoms with E-state index in [0.717, 1.165) is 18.2 Å². The highest BCUT2D eigenvalue weighted by Crippen LogP contribution is 2.19. The largest absolute Gasteiger partial charge is 0.542 e. The molecule has 0 heterocycles. The zero-order valence-electron chi connectivity index (χ0n) is 20.2. The number of aryl methyl sites for hydroxylation is 1. The van der Waals surface area contributed by atoms with Crippen LogP contribution in [0.15, 0.2) is 42.5 Å². The topological polar surface area (TPSA) is 155 Å². The van der Waals surface area contributed by atoms with Gasteiger partial charge in [-0.2, -0.15) is 18.0 Å². The van der Waals surface area contributed by atoms with Crippen molar-refractivity contribution in [2.75, 3.05) is 6.54 Å². The molecule has 12 heteroatoms. The number of hydrogen-bond donors (Lipinski definition) is 3. The van der Waals surface area contributed by atoms with Gasteiger partial charge in [-0.3, -0.25) is 9.59 Å². The molecule has 2 rings (SSSR count). The molecule has 5 N–H and O–H groups in total. The van der Waals surface area contributed by atoms with E-state index >= 15 is 0 Å². The fourth-order valence-corrected chi connectivity index (χ4v) is 3.08. The van der Waals surface area contributed by atoms with Crippen molar-refractivity contribution >= 4 is 34.6 Å². The maximum atomic E-state index is 12.4. The predicted molar refractivity (Wildman–Crippen MR) is 122 cm³/mol. The molecule has 3 amide bonds. The van der Waals surface area contributed by atoms with Crippen LogP contribution in [0.4, 0.5) is 18.0 Å². The standard InChI is InChI=1S/C22H29N3O4.C2HF3O2/c1-22(2,3)29-21(28)25-18(14-19(23)26)20(27)24-13-7-11-16-10-6-9-15-8-4-5-12-17(15)16;3-2(4,5)1(6)7/h4-6,8-10,12,18H,7,11,13-14H2,1-3H3,(H2,23,26)(H,24,27)(H,25,28);(H,6,7)/t18-;/m0./s1. The molecule has 0 saturated carbocycles. The van der Waals surface area contributed by atoms with Crippen molar-refractivity contribution in [3.63, 3.8) is 0 Å². The van der Waals surface area contributed by atoms with Crippen molar-refractivity contribution in [1.82, 2.24) is 5.32 Å². The average Bonchev–Trinajstić information content (AvgIpc) is 2.74. The number of alkyl halides is 3. The molecule has 0 aromatic heterocycles. The van der Waals surface area contributed by atoms with Gasteiger partial charge in [0.15, 0.2) is 6.04 Å². The number of primary amides is 2. The lowest BCUT2D eigenvalue weighted by atomic mass is 10.0. The van der Waals surface area contributed by atoms with Crippen molar-refractivity contribution < 1.29 is 47.5 Å². The molecule has 0 radical (unpaired) electrons. The number of carbonyl (C=O) groups excluding carboxylic acids is 4. The highest BCUT2D eigenvalue weighted by molar-refractivity contribution is 5.87. The van der Waals surface area contributed by atoms with E-state index in [2.05, 4.69) is 29.6 Å². The summed E-state index contributed by atoms with van der Waals surface area (Å²) < 4.78 is 36.7. The summed E-state index contributed by atoms with van der Waals surface area (Å²) in [4.78, 5) is 44.5. The molecule has 9 nitrogen and oxygen atoms in total. The van der Waals surface area contributed by atoms with Crippen molar-refractivity contribution in [3.8, 4) is 0 Å². The number of nitrogens with one attached hydrogen (secondary N) is 1. The minimum absolute atomic E-state index is 0.242. The van der Waals surface area contributed by atoms with E-state index in [1.165, 1.54) is 16.3 Å². The number of carbonyl (C=O) groups is 4. The van der Waals surface area contributed by atoms with Crippen LogP contribution in [-0.2, 0) is 25.5 Å². The molecule has 0 saturated heterocycles. The molecular formula is C24H30F3N3O6. The second kappa shape index (κ2) is 13.4. The molecule has 0 fully saturated rings. The Balaban J connectivity index is 0.000000809. The molecule has 0 aliphatic heterocycles. The first-order chi connectivity index (χ1) is 16.6. The zero-order chi connectivity index (χ0) is 27.5. The van der Waals surface area contributed by atoms with Crippen LogP contribution in [-0.4, -0.2) is 48.2 Å². The van der Waals surface area contributed by atoms with Gasteiger partial charge in [0, 0.05) is 6.54 Å². The van der Waals surface area contributed by atoms with E-state index in [0.29, 0.717) is 6.54 Å². The maximum absolute atomic E-state index is 12.4. The van der Waals surface area contributed by atoms with Crippen molar-refractivity contribution in [3.05, 3.63) is 48.0 Å². The third-order valence-electron chi connectivity index (χ3n) is 4.54. The lowest BCUT2D eigenvalue weighted by molar-refractivity contribution is -0.595. The molecule has 0 spiro atoms. The molecule has 198 valence electrons. The molecule has 1 atom stereocenters. The van der Waals surface area contributed by atoms with Gasteiger partial charge in [0.2, 0.25) is 5.91 Å². The lowest BCUT2D eigenvalue weighted by Crippen LogP contribution is -2.96. The summed E-state index contributed by atoms with van der Waals surface area (Å²) in [6.07, 6.45) is -4.54. The first kappa shape index (κ1) is 30.4. The van der Waals surface area contributed by atoms with Gasteiger partial charge < -0.3 is 25.7 Å². The van der Waals surface area contributed by atoms with Gasteiger partial charge in [0.05, 0.1) is 6.42 Å². The summed E-state index contributed by atoms with van der Waals surface area (Å²) in [5, 5.41) is 15.1. The van der Waals surface area contributed by atoms with Crippen molar-refractivity contribution in [2.45, 2.75) is 57.9 Å². The first-order valence-corrected chi connectivity index (χ1v) is 11.0. The van der Waals surface area contributed by atoms with Gasteiger partial charge in [0.1, 0.15) is 11.6 Å². The van der Waals surface area contributed by atoms with Gasteiger partial charge in [-0.15, -0.1) is 0 Å². The quantitative estimate of drug-likeness (QED) is 0.446. The third kappa shape index (κ3) is 11.6.